The maximum atomic E-state index is 12.6. The van der Waals surface area contributed by atoms with Gasteiger partial charge in [0, 0.05) is 31.2 Å². The molecule has 1 N–H and O–H groups in total. The van der Waals surface area contributed by atoms with E-state index >= 15 is 0 Å². The fraction of sp³-hybridized carbons (Fsp3) is 0.474. The van der Waals surface area contributed by atoms with E-state index in [-0.39, 0.29) is 29.4 Å². The van der Waals surface area contributed by atoms with Gasteiger partial charge in [0.1, 0.15) is 0 Å². The summed E-state index contributed by atoms with van der Waals surface area (Å²) in [6.07, 6.45) is 0.538. The van der Waals surface area contributed by atoms with Crippen molar-refractivity contribution < 1.29 is 13.2 Å². The zero-order chi connectivity index (χ0) is 19.8. The van der Waals surface area contributed by atoms with Gasteiger partial charge in [-0.25, -0.2) is 8.42 Å². The Bertz CT molecular complexity index is 930. The molecule has 27 heavy (non-hydrogen) atoms. The zero-order valence-electron chi connectivity index (χ0n) is 16.1. The summed E-state index contributed by atoms with van der Waals surface area (Å²) < 4.78 is 25.4. The molecule has 146 valence electrons. The molecule has 1 amide bonds. The van der Waals surface area contributed by atoms with Crippen molar-refractivity contribution in [3.8, 4) is 0 Å². The van der Waals surface area contributed by atoms with Crippen LogP contribution in [0.25, 0.3) is 0 Å². The van der Waals surface area contributed by atoms with Gasteiger partial charge in [0.05, 0.1) is 17.5 Å². The van der Waals surface area contributed by atoms with Crippen molar-refractivity contribution in [1.82, 2.24) is 9.78 Å². The Morgan fingerprint density at radius 1 is 1.26 bits per heavy atom. The van der Waals surface area contributed by atoms with Gasteiger partial charge in [-0.1, -0.05) is 13.8 Å². The lowest BCUT2D eigenvalue weighted by molar-refractivity contribution is 0.102. The normalized spacial score (nSPS) is 18.6. The van der Waals surface area contributed by atoms with E-state index in [9.17, 15) is 13.2 Å². The lowest BCUT2D eigenvalue weighted by Gasteiger charge is -2.15. The van der Waals surface area contributed by atoms with Gasteiger partial charge in [0.15, 0.2) is 15.5 Å². The van der Waals surface area contributed by atoms with E-state index in [0.717, 1.165) is 11.4 Å². The highest BCUT2D eigenvalue weighted by atomic mass is 32.2. The van der Waals surface area contributed by atoms with Gasteiger partial charge in [-0.15, -0.1) is 0 Å². The third-order valence-corrected chi connectivity index (χ3v) is 6.53. The smallest absolute Gasteiger partial charge is 0.276 e. The van der Waals surface area contributed by atoms with Crippen LogP contribution in [0.2, 0.25) is 0 Å². The summed E-state index contributed by atoms with van der Waals surface area (Å²) in [7, 11) is 0.888. The molecule has 0 bridgehead atoms. The molecule has 8 heteroatoms. The number of amides is 1. The van der Waals surface area contributed by atoms with Crippen LogP contribution in [-0.4, -0.2) is 49.7 Å². The van der Waals surface area contributed by atoms with Crippen LogP contribution in [0, 0.1) is 0 Å². The summed E-state index contributed by atoms with van der Waals surface area (Å²) in [5.41, 5.74) is 2.92. The second-order valence-corrected chi connectivity index (χ2v) is 9.73. The first-order chi connectivity index (χ1) is 12.7. The minimum absolute atomic E-state index is 0.0848. The molecular weight excluding hydrogens is 364 g/mol. The molecule has 2 aromatic rings. The average Bonchev–Trinajstić information content (AvgIpc) is 3.18. The Kier molecular flexibility index (Phi) is 5.28. The van der Waals surface area contributed by atoms with Crippen LogP contribution >= 0.6 is 0 Å². The van der Waals surface area contributed by atoms with E-state index in [1.807, 2.05) is 57.1 Å². The van der Waals surface area contributed by atoms with Crippen LogP contribution in [0.15, 0.2) is 30.3 Å². The fourth-order valence-electron chi connectivity index (χ4n) is 3.25. The minimum Gasteiger partial charge on any atom is -0.378 e. The topological polar surface area (TPSA) is 84.3 Å². The van der Waals surface area contributed by atoms with Gasteiger partial charge >= 0.3 is 0 Å². The van der Waals surface area contributed by atoms with Crippen molar-refractivity contribution in [2.45, 2.75) is 32.2 Å². The van der Waals surface area contributed by atoms with E-state index in [4.69, 9.17) is 0 Å². The van der Waals surface area contributed by atoms with Crippen molar-refractivity contribution in [3.05, 3.63) is 41.7 Å². The van der Waals surface area contributed by atoms with Crippen LogP contribution in [0.1, 0.15) is 48.4 Å². The second kappa shape index (κ2) is 7.34. The number of aromatic nitrogens is 2. The largest absolute Gasteiger partial charge is 0.378 e. The lowest BCUT2D eigenvalue weighted by atomic mass is 10.1. The fourth-order valence-corrected chi connectivity index (χ4v) is 4.94. The molecule has 0 unspecified atom stereocenters. The summed E-state index contributed by atoms with van der Waals surface area (Å²) in [4.78, 5) is 14.6. The molecular formula is C19H26N4O3S. The Balaban J connectivity index is 1.81. The first-order valence-electron chi connectivity index (χ1n) is 9.05. The first kappa shape index (κ1) is 19.4. The number of hydrogen-bond acceptors (Lipinski definition) is 5. The number of carbonyl (C=O) groups excluding carboxylic acids is 1. The zero-order valence-corrected chi connectivity index (χ0v) is 17.0. The van der Waals surface area contributed by atoms with Gasteiger partial charge in [0.2, 0.25) is 0 Å². The van der Waals surface area contributed by atoms with Crippen molar-refractivity contribution in [2.24, 2.45) is 0 Å². The Morgan fingerprint density at radius 2 is 1.93 bits per heavy atom. The predicted octanol–water partition coefficient (Wildman–Crippen LogP) is 2.68. The number of nitrogens with zero attached hydrogens (tertiary/aromatic N) is 3. The molecule has 1 atom stereocenters. The molecule has 1 aromatic heterocycles. The molecule has 1 aliphatic rings. The average molecular weight is 391 g/mol. The molecule has 3 rings (SSSR count). The monoisotopic (exact) mass is 390 g/mol. The minimum atomic E-state index is -3.02. The first-order valence-corrected chi connectivity index (χ1v) is 10.9. The summed E-state index contributed by atoms with van der Waals surface area (Å²) in [6.45, 7) is 4.03. The molecule has 0 spiro atoms. The third kappa shape index (κ3) is 4.32. The van der Waals surface area contributed by atoms with Crippen LogP contribution in [0.3, 0.4) is 0 Å². The maximum Gasteiger partial charge on any atom is 0.276 e. The number of rotatable bonds is 5. The molecule has 0 radical (unpaired) electrons. The number of hydrogen-bond donors (Lipinski definition) is 1. The van der Waals surface area contributed by atoms with Gasteiger partial charge < -0.3 is 10.2 Å². The van der Waals surface area contributed by atoms with Crippen molar-refractivity contribution in [1.29, 1.82) is 0 Å². The summed E-state index contributed by atoms with van der Waals surface area (Å²) in [5, 5.41) is 7.31. The number of benzene rings is 1. The maximum absolute atomic E-state index is 12.6. The predicted molar refractivity (Wildman–Crippen MR) is 107 cm³/mol. The quantitative estimate of drug-likeness (QED) is 0.848. The molecule has 2 heterocycles. The van der Waals surface area contributed by atoms with Crippen molar-refractivity contribution in [2.75, 3.05) is 35.8 Å². The van der Waals surface area contributed by atoms with Crippen LogP contribution in [-0.2, 0) is 9.84 Å². The van der Waals surface area contributed by atoms with Gasteiger partial charge in [-0.3, -0.25) is 9.48 Å². The Labute approximate surface area is 160 Å². The van der Waals surface area contributed by atoms with Crippen molar-refractivity contribution in [3.63, 3.8) is 0 Å². The van der Waals surface area contributed by atoms with Crippen LogP contribution < -0.4 is 10.2 Å². The SMILES string of the molecule is CC(C)c1cc(C(=O)Nc2ccc(N(C)C)cc2)nn1[C@H]1CCS(=O)(=O)C1. The molecule has 1 fully saturated rings. The molecule has 0 saturated carbocycles. The third-order valence-electron chi connectivity index (χ3n) is 4.78. The van der Waals surface area contributed by atoms with Crippen LogP contribution in [0.4, 0.5) is 11.4 Å². The van der Waals surface area contributed by atoms with Gasteiger partial charge in [-0.05, 0) is 42.7 Å². The lowest BCUT2D eigenvalue weighted by Crippen LogP contribution is -2.17. The van der Waals surface area contributed by atoms with Gasteiger partial charge in [0.25, 0.3) is 5.91 Å². The molecule has 1 saturated heterocycles. The van der Waals surface area contributed by atoms with Crippen LogP contribution in [0.5, 0.6) is 0 Å². The second-order valence-electron chi connectivity index (χ2n) is 7.51. The van der Waals surface area contributed by atoms with E-state index < -0.39 is 9.84 Å². The molecule has 7 nitrogen and oxygen atoms in total. The van der Waals surface area contributed by atoms with Crippen molar-refractivity contribution >= 4 is 27.1 Å². The van der Waals surface area contributed by atoms with E-state index in [1.54, 1.807) is 10.7 Å². The molecule has 1 aromatic carbocycles. The Hall–Kier alpha value is -2.35. The van der Waals surface area contributed by atoms with E-state index in [2.05, 4.69) is 10.4 Å². The van der Waals surface area contributed by atoms with E-state index in [0.29, 0.717) is 17.8 Å². The summed E-state index contributed by atoms with van der Waals surface area (Å²) in [5.74, 6) is 0.104. The molecule has 0 aliphatic carbocycles. The van der Waals surface area contributed by atoms with Gasteiger partial charge in [-0.2, -0.15) is 5.10 Å². The number of nitrogens with one attached hydrogen (secondary N) is 1. The number of sulfone groups is 1. The standard InChI is InChI=1S/C19H26N4O3S/c1-13(2)18-11-17(21-23(18)16-9-10-27(25,26)12-16)19(24)20-14-5-7-15(8-6-14)22(3)4/h5-8,11,13,16H,9-10,12H2,1-4H3,(H,20,24)/t16-/m0/s1. The highest BCUT2D eigenvalue weighted by Crippen LogP contribution is 2.28. The highest BCUT2D eigenvalue weighted by molar-refractivity contribution is 7.91. The summed E-state index contributed by atoms with van der Waals surface area (Å²) >= 11 is 0. The van der Waals surface area contributed by atoms with E-state index in [1.165, 1.54) is 0 Å². The Morgan fingerprint density at radius 3 is 2.44 bits per heavy atom. The highest BCUT2D eigenvalue weighted by Gasteiger charge is 2.32. The number of anilines is 2. The number of carbonyl (C=O) groups is 1. The summed E-state index contributed by atoms with van der Waals surface area (Å²) in [6, 6.07) is 9.11. The molecule has 1 aliphatic heterocycles.